The molecule has 0 aliphatic rings. The Bertz CT molecular complexity index is 563. The van der Waals surface area contributed by atoms with Gasteiger partial charge in [-0.3, -0.25) is 4.79 Å². The second-order valence-electron chi connectivity index (χ2n) is 3.57. The number of aliphatic hydroxyl groups excluding tert-OH is 1. The van der Waals surface area contributed by atoms with Gasteiger partial charge >= 0.3 is 6.09 Å². The molecule has 0 radical (unpaired) electrons. The van der Waals surface area contributed by atoms with E-state index in [4.69, 9.17) is 10.8 Å². The quantitative estimate of drug-likeness (QED) is 0.533. The summed E-state index contributed by atoms with van der Waals surface area (Å²) in [6.45, 7) is -0.427. The zero-order valence-corrected chi connectivity index (χ0v) is 10.5. The van der Waals surface area contributed by atoms with Crippen molar-refractivity contribution in [2.75, 3.05) is 19.8 Å². The Morgan fingerprint density at radius 2 is 2.20 bits per heavy atom. The van der Waals surface area contributed by atoms with Gasteiger partial charge in [0, 0.05) is 5.56 Å². The minimum atomic E-state index is -0.945. The summed E-state index contributed by atoms with van der Waals surface area (Å²) in [4.78, 5) is 22.2. The van der Waals surface area contributed by atoms with Crippen molar-refractivity contribution in [3.63, 3.8) is 0 Å². The van der Waals surface area contributed by atoms with Crippen LogP contribution in [-0.4, -0.2) is 36.9 Å². The summed E-state index contributed by atoms with van der Waals surface area (Å²) in [5.74, 6) is 3.77. The summed E-state index contributed by atoms with van der Waals surface area (Å²) >= 11 is 0. The fraction of sp³-hybridized carbons (Fsp3) is 0.231. The highest BCUT2D eigenvalue weighted by Crippen LogP contribution is 2.10. The number of hydrogen-bond donors (Lipinski definition) is 3. The molecular weight excluding hydrogens is 267 g/mol. The number of hydrogen-bond acceptors (Lipinski definition) is 4. The fourth-order valence-corrected chi connectivity index (χ4v) is 1.36. The monoisotopic (exact) mass is 280 g/mol. The van der Waals surface area contributed by atoms with E-state index in [2.05, 4.69) is 21.9 Å². The van der Waals surface area contributed by atoms with Gasteiger partial charge in [-0.25, -0.2) is 9.18 Å². The Morgan fingerprint density at radius 1 is 1.45 bits per heavy atom. The minimum absolute atomic E-state index is 0.0324. The van der Waals surface area contributed by atoms with Crippen molar-refractivity contribution >= 4 is 12.0 Å². The first-order valence-electron chi connectivity index (χ1n) is 5.64. The molecular formula is C13H13FN2O4. The SMILES string of the molecule is NC(=O)OCCNC(=O)c1cc(F)ccc1C#CCO. The van der Waals surface area contributed by atoms with Crippen molar-refractivity contribution in [2.45, 2.75) is 0 Å². The molecule has 0 spiro atoms. The number of halogens is 1. The molecule has 1 aromatic rings. The molecule has 6 nitrogen and oxygen atoms in total. The van der Waals surface area contributed by atoms with Crippen molar-refractivity contribution in [2.24, 2.45) is 5.73 Å². The van der Waals surface area contributed by atoms with Gasteiger partial charge in [-0.1, -0.05) is 11.8 Å². The third kappa shape index (κ3) is 4.96. The van der Waals surface area contributed by atoms with Gasteiger partial charge in [0.1, 0.15) is 19.0 Å². The maximum absolute atomic E-state index is 13.2. The molecule has 1 rings (SSSR count). The Hall–Kier alpha value is -2.59. The number of nitrogens with two attached hydrogens (primary N) is 1. The van der Waals surface area contributed by atoms with Crippen LogP contribution < -0.4 is 11.1 Å². The van der Waals surface area contributed by atoms with Gasteiger partial charge in [-0.05, 0) is 18.2 Å². The number of carbonyl (C=O) groups is 2. The lowest BCUT2D eigenvalue weighted by molar-refractivity contribution is 0.0936. The largest absolute Gasteiger partial charge is 0.448 e. The molecule has 0 bridgehead atoms. The third-order valence-corrected chi connectivity index (χ3v) is 2.16. The normalized spacial score (nSPS) is 9.30. The van der Waals surface area contributed by atoms with Gasteiger partial charge in [-0.15, -0.1) is 0 Å². The molecule has 0 atom stereocenters. The van der Waals surface area contributed by atoms with Crippen molar-refractivity contribution in [3.05, 3.63) is 35.1 Å². The highest BCUT2D eigenvalue weighted by molar-refractivity contribution is 5.96. The van der Waals surface area contributed by atoms with E-state index < -0.39 is 17.8 Å². The topological polar surface area (TPSA) is 102 Å². The average molecular weight is 280 g/mol. The molecule has 0 fully saturated rings. The van der Waals surface area contributed by atoms with E-state index in [1.54, 1.807) is 0 Å². The highest BCUT2D eigenvalue weighted by Gasteiger charge is 2.11. The molecule has 106 valence electrons. The van der Waals surface area contributed by atoms with E-state index in [9.17, 15) is 14.0 Å². The maximum Gasteiger partial charge on any atom is 0.404 e. The average Bonchev–Trinajstić information content (AvgIpc) is 2.41. The van der Waals surface area contributed by atoms with Crippen LogP contribution >= 0.6 is 0 Å². The van der Waals surface area contributed by atoms with Crippen molar-refractivity contribution in [3.8, 4) is 11.8 Å². The number of benzene rings is 1. The molecule has 0 aromatic heterocycles. The first-order valence-corrected chi connectivity index (χ1v) is 5.64. The molecule has 0 unspecified atom stereocenters. The predicted octanol–water partition coefficient (Wildman–Crippen LogP) is -0.00540. The lowest BCUT2D eigenvalue weighted by atomic mass is 10.1. The van der Waals surface area contributed by atoms with Gasteiger partial charge in [0.15, 0.2) is 0 Å². The second kappa shape index (κ2) is 7.76. The van der Waals surface area contributed by atoms with Crippen molar-refractivity contribution < 1.29 is 23.8 Å². The molecule has 20 heavy (non-hydrogen) atoms. The van der Waals surface area contributed by atoms with Crippen LogP contribution in [0.25, 0.3) is 0 Å². The summed E-state index contributed by atoms with van der Waals surface area (Å²) in [7, 11) is 0. The van der Waals surface area contributed by atoms with Crippen LogP contribution in [0.4, 0.5) is 9.18 Å². The zero-order chi connectivity index (χ0) is 15.0. The summed E-state index contributed by atoms with van der Waals surface area (Å²) in [6, 6.07) is 3.53. The number of amides is 2. The van der Waals surface area contributed by atoms with Crippen LogP contribution in [0.1, 0.15) is 15.9 Å². The number of primary amides is 1. The lowest BCUT2D eigenvalue weighted by Crippen LogP contribution is -2.29. The van der Waals surface area contributed by atoms with Crippen LogP contribution in [0, 0.1) is 17.7 Å². The van der Waals surface area contributed by atoms with Crippen LogP contribution in [0.5, 0.6) is 0 Å². The van der Waals surface area contributed by atoms with Crippen LogP contribution in [0.3, 0.4) is 0 Å². The molecule has 7 heteroatoms. The highest BCUT2D eigenvalue weighted by atomic mass is 19.1. The maximum atomic E-state index is 13.2. The van der Waals surface area contributed by atoms with Gasteiger partial charge in [0.2, 0.25) is 0 Å². The molecule has 0 heterocycles. The summed E-state index contributed by atoms with van der Waals surface area (Å²) in [6.07, 6.45) is -0.945. The fourth-order valence-electron chi connectivity index (χ4n) is 1.36. The molecule has 0 saturated heterocycles. The summed E-state index contributed by atoms with van der Waals surface area (Å²) in [5, 5.41) is 11.1. The third-order valence-electron chi connectivity index (χ3n) is 2.16. The molecule has 0 aliphatic heterocycles. The smallest absolute Gasteiger partial charge is 0.404 e. The van der Waals surface area contributed by atoms with E-state index >= 15 is 0 Å². The van der Waals surface area contributed by atoms with E-state index in [1.807, 2.05) is 0 Å². The lowest BCUT2D eigenvalue weighted by Gasteiger charge is -2.07. The van der Waals surface area contributed by atoms with E-state index in [-0.39, 0.29) is 30.9 Å². The Labute approximate surface area is 114 Å². The van der Waals surface area contributed by atoms with Gasteiger partial charge in [0.25, 0.3) is 5.91 Å². The molecule has 0 aliphatic carbocycles. The number of aliphatic hydroxyl groups is 1. The van der Waals surface area contributed by atoms with Crippen molar-refractivity contribution in [1.29, 1.82) is 0 Å². The molecule has 2 amide bonds. The van der Waals surface area contributed by atoms with Gasteiger partial charge in [-0.2, -0.15) is 0 Å². The first-order chi connectivity index (χ1) is 9.54. The Balaban J connectivity index is 2.75. The van der Waals surface area contributed by atoms with E-state index in [0.29, 0.717) is 0 Å². The van der Waals surface area contributed by atoms with Gasteiger partial charge in [0.05, 0.1) is 12.1 Å². The standard InChI is InChI=1S/C13H13FN2O4/c14-10-4-3-9(2-1-6-17)11(8-10)12(18)16-5-7-20-13(15)19/h3-4,8,17H,5-7H2,(H2,15,19)(H,16,18). The summed E-state index contributed by atoms with van der Waals surface area (Å²) in [5.41, 5.74) is 5.07. The number of ether oxygens (including phenoxy) is 1. The van der Waals surface area contributed by atoms with Crippen LogP contribution in [0.15, 0.2) is 18.2 Å². The first kappa shape index (κ1) is 15.5. The van der Waals surface area contributed by atoms with Crippen molar-refractivity contribution in [1.82, 2.24) is 5.32 Å². The summed E-state index contributed by atoms with van der Waals surface area (Å²) < 4.78 is 17.6. The van der Waals surface area contributed by atoms with E-state index in [1.165, 1.54) is 6.07 Å². The second-order valence-corrected chi connectivity index (χ2v) is 3.57. The van der Waals surface area contributed by atoms with Crippen LogP contribution in [0.2, 0.25) is 0 Å². The Kier molecular flexibility index (Phi) is 6.00. The van der Waals surface area contributed by atoms with E-state index in [0.717, 1.165) is 12.1 Å². The molecule has 0 saturated carbocycles. The Morgan fingerprint density at radius 3 is 2.85 bits per heavy atom. The number of carbonyl (C=O) groups excluding carboxylic acids is 2. The minimum Gasteiger partial charge on any atom is -0.448 e. The van der Waals surface area contributed by atoms with Gasteiger partial charge < -0.3 is 20.9 Å². The predicted molar refractivity (Wildman–Crippen MR) is 68.2 cm³/mol. The molecule has 1 aromatic carbocycles. The molecule has 4 N–H and O–H groups in total. The number of nitrogens with one attached hydrogen (secondary N) is 1. The van der Waals surface area contributed by atoms with Crippen LogP contribution in [-0.2, 0) is 4.74 Å². The number of rotatable bonds is 4. The zero-order valence-electron chi connectivity index (χ0n) is 10.5.